The smallest absolute Gasteiger partial charge is 0.203 e. The molecule has 30 heavy (non-hydrogen) atoms. The van der Waals surface area contributed by atoms with Crippen molar-refractivity contribution in [2.24, 2.45) is 4.99 Å². The first-order valence-corrected chi connectivity index (χ1v) is 9.66. The molecular weight excluding hydrogens is 386 g/mol. The molecule has 8 heteroatoms. The third kappa shape index (κ3) is 5.62. The van der Waals surface area contributed by atoms with E-state index in [9.17, 15) is 0 Å². The van der Waals surface area contributed by atoms with E-state index in [0.29, 0.717) is 47.7 Å². The summed E-state index contributed by atoms with van der Waals surface area (Å²) < 4.78 is 27.0. The summed E-state index contributed by atoms with van der Waals surface area (Å²) in [5.41, 5.74) is 1.83. The molecule has 0 saturated carbocycles. The van der Waals surface area contributed by atoms with Gasteiger partial charge in [0.05, 0.1) is 35.5 Å². The Morgan fingerprint density at radius 3 is 2.07 bits per heavy atom. The van der Waals surface area contributed by atoms with Crippen LogP contribution in [-0.2, 0) is 6.42 Å². The molecule has 0 fully saturated rings. The Balaban J connectivity index is 2.16. The average molecular weight is 418 g/mol. The molecule has 0 aliphatic carbocycles. The van der Waals surface area contributed by atoms with Gasteiger partial charge >= 0.3 is 0 Å². The standard InChI is InChI=1S/C22H31N3O5/c1-7-23-22(25-16-9-11-17(26-2)19(14-16)28-4)24-13-12-15-8-10-18(27-3)21(30-6)20(15)29-5/h8-11,14H,7,12-13H2,1-6H3,(H2,23,24,25). The maximum atomic E-state index is 5.55. The van der Waals surface area contributed by atoms with Crippen LogP contribution in [0.4, 0.5) is 5.69 Å². The quantitative estimate of drug-likeness (QED) is 0.453. The highest BCUT2D eigenvalue weighted by Crippen LogP contribution is 2.39. The van der Waals surface area contributed by atoms with Gasteiger partial charge in [-0.1, -0.05) is 6.07 Å². The van der Waals surface area contributed by atoms with E-state index in [-0.39, 0.29) is 0 Å². The fraction of sp³-hybridized carbons (Fsp3) is 0.409. The van der Waals surface area contributed by atoms with E-state index in [2.05, 4.69) is 15.6 Å². The molecule has 8 nitrogen and oxygen atoms in total. The van der Waals surface area contributed by atoms with E-state index < -0.39 is 0 Å². The summed E-state index contributed by atoms with van der Waals surface area (Å²) in [6.45, 7) is 3.30. The van der Waals surface area contributed by atoms with Crippen LogP contribution in [0.1, 0.15) is 12.5 Å². The van der Waals surface area contributed by atoms with Gasteiger partial charge in [-0.3, -0.25) is 4.99 Å². The summed E-state index contributed by atoms with van der Waals surface area (Å²) in [4.78, 5) is 4.67. The number of hydrogen-bond donors (Lipinski definition) is 2. The molecule has 0 heterocycles. The molecule has 0 aliphatic heterocycles. The minimum absolute atomic E-state index is 0.550. The van der Waals surface area contributed by atoms with Crippen LogP contribution < -0.4 is 34.3 Å². The Labute approximate surface area is 178 Å². The van der Waals surface area contributed by atoms with Crippen molar-refractivity contribution in [3.63, 3.8) is 0 Å². The van der Waals surface area contributed by atoms with Gasteiger partial charge in [0, 0.05) is 30.4 Å². The van der Waals surface area contributed by atoms with E-state index in [0.717, 1.165) is 17.8 Å². The summed E-state index contributed by atoms with van der Waals surface area (Å²) in [6.07, 6.45) is 0.673. The zero-order chi connectivity index (χ0) is 21.9. The number of methoxy groups -OCH3 is 5. The average Bonchev–Trinajstić information content (AvgIpc) is 2.78. The zero-order valence-electron chi connectivity index (χ0n) is 18.5. The Morgan fingerprint density at radius 1 is 0.800 bits per heavy atom. The topological polar surface area (TPSA) is 82.6 Å². The van der Waals surface area contributed by atoms with Gasteiger partial charge in [0.15, 0.2) is 29.0 Å². The summed E-state index contributed by atoms with van der Waals surface area (Å²) in [5.74, 6) is 3.86. The summed E-state index contributed by atoms with van der Waals surface area (Å²) in [6, 6.07) is 9.45. The number of benzene rings is 2. The molecule has 0 bridgehead atoms. The van der Waals surface area contributed by atoms with Crippen LogP contribution in [0.3, 0.4) is 0 Å². The minimum atomic E-state index is 0.550. The van der Waals surface area contributed by atoms with Gasteiger partial charge in [0.1, 0.15) is 0 Å². The van der Waals surface area contributed by atoms with Crippen LogP contribution >= 0.6 is 0 Å². The molecule has 0 radical (unpaired) electrons. The van der Waals surface area contributed by atoms with Gasteiger partial charge in [0.25, 0.3) is 0 Å². The monoisotopic (exact) mass is 417 g/mol. The maximum absolute atomic E-state index is 5.55. The van der Waals surface area contributed by atoms with Crippen molar-refractivity contribution in [2.75, 3.05) is 54.0 Å². The van der Waals surface area contributed by atoms with Crippen molar-refractivity contribution < 1.29 is 23.7 Å². The van der Waals surface area contributed by atoms with Gasteiger partial charge in [-0.15, -0.1) is 0 Å². The number of hydrogen-bond acceptors (Lipinski definition) is 6. The van der Waals surface area contributed by atoms with Gasteiger partial charge < -0.3 is 34.3 Å². The van der Waals surface area contributed by atoms with E-state index in [1.807, 2.05) is 37.3 Å². The second-order valence-electron chi connectivity index (χ2n) is 6.20. The number of nitrogens with zero attached hydrogens (tertiary/aromatic N) is 1. The highest BCUT2D eigenvalue weighted by atomic mass is 16.5. The Hall–Kier alpha value is -3.29. The lowest BCUT2D eigenvalue weighted by Gasteiger charge is -2.16. The third-order valence-electron chi connectivity index (χ3n) is 4.43. The van der Waals surface area contributed by atoms with E-state index in [1.165, 1.54) is 0 Å². The molecule has 2 N–H and O–H groups in total. The van der Waals surface area contributed by atoms with Gasteiger partial charge in [-0.25, -0.2) is 0 Å². The number of nitrogens with one attached hydrogen (secondary N) is 2. The van der Waals surface area contributed by atoms with Crippen molar-refractivity contribution in [2.45, 2.75) is 13.3 Å². The molecule has 2 aromatic carbocycles. The molecule has 0 aromatic heterocycles. The molecule has 0 atom stereocenters. The molecule has 0 spiro atoms. The molecule has 0 aliphatic rings. The van der Waals surface area contributed by atoms with Crippen LogP contribution in [0.2, 0.25) is 0 Å². The molecule has 0 amide bonds. The lowest BCUT2D eigenvalue weighted by Crippen LogP contribution is -2.30. The van der Waals surface area contributed by atoms with Crippen molar-refractivity contribution >= 4 is 11.6 Å². The molecular formula is C22H31N3O5. The van der Waals surface area contributed by atoms with Crippen LogP contribution in [-0.4, -0.2) is 54.6 Å². The fourth-order valence-electron chi connectivity index (χ4n) is 3.01. The molecule has 2 aromatic rings. The number of ether oxygens (including phenoxy) is 5. The fourth-order valence-corrected chi connectivity index (χ4v) is 3.01. The first-order chi connectivity index (χ1) is 14.6. The van der Waals surface area contributed by atoms with Crippen LogP contribution in [0.15, 0.2) is 35.3 Å². The highest BCUT2D eigenvalue weighted by Gasteiger charge is 2.15. The Kier molecular flexibility index (Phi) is 8.93. The zero-order valence-corrected chi connectivity index (χ0v) is 18.5. The predicted octanol–water partition coefficient (Wildman–Crippen LogP) is 3.35. The van der Waals surface area contributed by atoms with E-state index >= 15 is 0 Å². The molecule has 164 valence electrons. The van der Waals surface area contributed by atoms with Crippen LogP contribution in [0.5, 0.6) is 28.7 Å². The SMILES string of the molecule is CCNC(=NCCc1ccc(OC)c(OC)c1OC)Nc1ccc(OC)c(OC)c1. The van der Waals surface area contributed by atoms with Crippen LogP contribution in [0.25, 0.3) is 0 Å². The number of anilines is 1. The predicted molar refractivity (Wildman–Crippen MR) is 119 cm³/mol. The van der Waals surface area contributed by atoms with Crippen molar-refractivity contribution in [3.05, 3.63) is 35.9 Å². The second-order valence-corrected chi connectivity index (χ2v) is 6.20. The third-order valence-corrected chi connectivity index (χ3v) is 4.43. The molecule has 0 saturated heterocycles. The van der Waals surface area contributed by atoms with Crippen molar-refractivity contribution in [3.8, 4) is 28.7 Å². The normalized spacial score (nSPS) is 10.9. The molecule has 2 rings (SSSR count). The maximum Gasteiger partial charge on any atom is 0.203 e. The van der Waals surface area contributed by atoms with E-state index in [4.69, 9.17) is 23.7 Å². The summed E-state index contributed by atoms with van der Waals surface area (Å²) in [5, 5.41) is 6.53. The lowest BCUT2D eigenvalue weighted by molar-refractivity contribution is 0.322. The first-order valence-electron chi connectivity index (χ1n) is 9.66. The van der Waals surface area contributed by atoms with Gasteiger partial charge in [-0.2, -0.15) is 0 Å². The Bertz CT molecular complexity index is 855. The minimum Gasteiger partial charge on any atom is -0.493 e. The number of guanidine groups is 1. The lowest BCUT2D eigenvalue weighted by atomic mass is 10.1. The van der Waals surface area contributed by atoms with E-state index in [1.54, 1.807) is 35.5 Å². The van der Waals surface area contributed by atoms with Crippen LogP contribution in [0, 0.1) is 0 Å². The van der Waals surface area contributed by atoms with Crippen molar-refractivity contribution in [1.82, 2.24) is 5.32 Å². The number of aliphatic imine (C=N–C) groups is 1. The summed E-state index contributed by atoms with van der Waals surface area (Å²) in [7, 11) is 8.03. The first kappa shape index (κ1) is 23.0. The van der Waals surface area contributed by atoms with Crippen molar-refractivity contribution in [1.29, 1.82) is 0 Å². The summed E-state index contributed by atoms with van der Waals surface area (Å²) >= 11 is 0. The highest BCUT2D eigenvalue weighted by molar-refractivity contribution is 5.93. The number of rotatable bonds is 10. The Morgan fingerprint density at radius 2 is 1.47 bits per heavy atom. The van der Waals surface area contributed by atoms with Gasteiger partial charge in [-0.05, 0) is 31.5 Å². The van der Waals surface area contributed by atoms with Gasteiger partial charge in [0.2, 0.25) is 5.75 Å². The molecule has 0 unspecified atom stereocenters. The largest absolute Gasteiger partial charge is 0.493 e. The second kappa shape index (κ2) is 11.6.